The number of nitrogens with zero attached hydrogens (tertiary/aromatic N) is 2. The first-order valence-corrected chi connectivity index (χ1v) is 12.2. The second kappa shape index (κ2) is 13.7. The van der Waals surface area contributed by atoms with Gasteiger partial charge >= 0.3 is 11.9 Å². The van der Waals surface area contributed by atoms with Gasteiger partial charge in [-0.05, 0) is 37.5 Å². The Hall–Kier alpha value is -3.10. The molecule has 2 atom stereocenters. The number of aromatic hydroxyl groups is 2. The Bertz CT molecular complexity index is 980. The van der Waals surface area contributed by atoms with Gasteiger partial charge < -0.3 is 20.4 Å². The summed E-state index contributed by atoms with van der Waals surface area (Å²) in [4.78, 5) is 27.1. The van der Waals surface area contributed by atoms with Gasteiger partial charge in [0.05, 0.1) is 13.1 Å². The van der Waals surface area contributed by atoms with Gasteiger partial charge in [-0.15, -0.1) is 0 Å². The van der Waals surface area contributed by atoms with E-state index in [1.54, 1.807) is 36.4 Å². The number of phenolic OH excluding ortho intramolecular Hbond substituents is 2. The van der Waals surface area contributed by atoms with Crippen molar-refractivity contribution < 1.29 is 30.0 Å². The number of aliphatic carboxylic acids is 2. The molecule has 0 bridgehead atoms. The molecule has 1 aliphatic carbocycles. The van der Waals surface area contributed by atoms with Crippen molar-refractivity contribution in [1.29, 1.82) is 0 Å². The minimum absolute atomic E-state index is 0.104. The van der Waals surface area contributed by atoms with Crippen molar-refractivity contribution >= 4 is 11.9 Å². The fraction of sp³-hybridized carbons (Fsp3) is 0.481. The third-order valence-electron chi connectivity index (χ3n) is 6.29. The number of carboxylic acid groups (broad SMARTS) is 2. The maximum absolute atomic E-state index is 11.7. The molecule has 8 nitrogen and oxygen atoms in total. The number of hydrogen-bond donors (Lipinski definition) is 4. The van der Waals surface area contributed by atoms with Crippen LogP contribution in [0.3, 0.4) is 0 Å². The Balaban J connectivity index is 0.00000210. The number of rotatable bonds is 10. The fourth-order valence-electron chi connectivity index (χ4n) is 4.76. The minimum atomic E-state index is -0.976. The number of phenols is 2. The van der Waals surface area contributed by atoms with E-state index in [1.165, 1.54) is 0 Å². The second-order valence-corrected chi connectivity index (χ2v) is 8.78. The van der Waals surface area contributed by atoms with Gasteiger partial charge in [-0.2, -0.15) is 0 Å². The summed E-state index contributed by atoms with van der Waals surface area (Å²) in [5, 5.41) is 39.8. The molecule has 2 aromatic rings. The zero-order valence-electron chi connectivity index (χ0n) is 20.9. The molecule has 1 saturated carbocycles. The van der Waals surface area contributed by atoms with Crippen molar-refractivity contribution in [2.45, 2.75) is 71.6 Å². The largest absolute Gasteiger partial charge is 0.508 e. The maximum atomic E-state index is 11.7. The van der Waals surface area contributed by atoms with Crippen molar-refractivity contribution in [1.82, 2.24) is 9.80 Å². The smallest absolute Gasteiger partial charge is 0.317 e. The number of carboxylic acids is 2. The van der Waals surface area contributed by atoms with Crippen LogP contribution in [0.15, 0.2) is 42.5 Å². The van der Waals surface area contributed by atoms with Crippen molar-refractivity contribution in [3.8, 4) is 11.5 Å². The van der Waals surface area contributed by atoms with Gasteiger partial charge in [0.2, 0.25) is 0 Å². The number of carbonyl (C=O) groups is 2. The van der Waals surface area contributed by atoms with Crippen LogP contribution in [0, 0.1) is 6.92 Å². The summed E-state index contributed by atoms with van der Waals surface area (Å²) in [6.07, 6.45) is 3.27. The van der Waals surface area contributed by atoms with Crippen LogP contribution in [0.2, 0.25) is 0 Å². The molecule has 1 aliphatic rings. The molecule has 4 N–H and O–H groups in total. The molecule has 0 aliphatic heterocycles. The van der Waals surface area contributed by atoms with Gasteiger partial charge in [-0.25, -0.2) is 0 Å². The average molecular weight is 487 g/mol. The monoisotopic (exact) mass is 486 g/mol. The van der Waals surface area contributed by atoms with E-state index < -0.39 is 11.9 Å². The number of benzene rings is 2. The lowest BCUT2D eigenvalue weighted by Gasteiger charge is -2.44. The van der Waals surface area contributed by atoms with Crippen LogP contribution in [0.4, 0.5) is 0 Å². The van der Waals surface area contributed by atoms with Crippen molar-refractivity contribution in [3.05, 3.63) is 59.2 Å². The number of hydrogen-bond acceptors (Lipinski definition) is 6. The Labute approximate surface area is 207 Å². The molecule has 0 amide bonds. The van der Waals surface area contributed by atoms with Crippen molar-refractivity contribution in [2.75, 3.05) is 13.1 Å². The molecule has 2 unspecified atom stereocenters. The fourth-order valence-corrected chi connectivity index (χ4v) is 4.76. The predicted octanol–water partition coefficient (Wildman–Crippen LogP) is 4.22. The van der Waals surface area contributed by atoms with Crippen LogP contribution in [0.25, 0.3) is 0 Å². The Morgan fingerprint density at radius 1 is 0.800 bits per heavy atom. The maximum Gasteiger partial charge on any atom is 0.317 e. The van der Waals surface area contributed by atoms with Crippen LogP contribution < -0.4 is 0 Å². The van der Waals surface area contributed by atoms with Crippen molar-refractivity contribution in [3.63, 3.8) is 0 Å². The molecule has 0 aromatic heterocycles. The van der Waals surface area contributed by atoms with Crippen LogP contribution in [0.5, 0.6) is 11.5 Å². The Morgan fingerprint density at radius 2 is 1.29 bits per heavy atom. The van der Waals surface area contributed by atoms with Gasteiger partial charge in [0.15, 0.2) is 0 Å². The van der Waals surface area contributed by atoms with Crippen LogP contribution in [-0.2, 0) is 22.7 Å². The first-order valence-electron chi connectivity index (χ1n) is 12.2. The van der Waals surface area contributed by atoms with Gasteiger partial charge in [-0.3, -0.25) is 19.4 Å². The topological polar surface area (TPSA) is 122 Å². The second-order valence-electron chi connectivity index (χ2n) is 8.78. The first-order chi connectivity index (χ1) is 16.7. The highest BCUT2D eigenvalue weighted by molar-refractivity contribution is 5.69. The first kappa shape index (κ1) is 28.1. The lowest BCUT2D eigenvalue weighted by molar-refractivity contribution is -0.142. The SMILES string of the molecule is CC.Cc1ccc(CN(CC(=O)O)C2CCCCC2N(CC(=O)O)Cc2ccccc2O)c(O)c1. The molecular formula is C27H38N2O6. The minimum Gasteiger partial charge on any atom is -0.508 e. The summed E-state index contributed by atoms with van der Waals surface area (Å²) < 4.78 is 0. The summed E-state index contributed by atoms with van der Waals surface area (Å²) in [6, 6.07) is 11.8. The van der Waals surface area contributed by atoms with E-state index in [0.29, 0.717) is 11.1 Å². The third-order valence-corrected chi connectivity index (χ3v) is 6.29. The van der Waals surface area contributed by atoms with E-state index in [2.05, 4.69) is 0 Å². The van der Waals surface area contributed by atoms with E-state index in [0.717, 1.165) is 31.2 Å². The van der Waals surface area contributed by atoms with Gasteiger partial charge in [-0.1, -0.05) is 57.0 Å². The van der Waals surface area contributed by atoms with E-state index in [1.807, 2.05) is 36.6 Å². The molecular weight excluding hydrogens is 448 g/mol. The molecule has 0 radical (unpaired) electrons. The lowest BCUT2D eigenvalue weighted by Crippen LogP contribution is -2.55. The molecule has 2 aromatic carbocycles. The summed E-state index contributed by atoms with van der Waals surface area (Å²) in [5.74, 6) is -1.73. The Morgan fingerprint density at radius 3 is 1.74 bits per heavy atom. The van der Waals surface area contributed by atoms with Crippen LogP contribution >= 0.6 is 0 Å². The molecule has 0 saturated heterocycles. The van der Waals surface area contributed by atoms with Gasteiger partial charge in [0, 0.05) is 36.3 Å². The molecule has 35 heavy (non-hydrogen) atoms. The predicted molar refractivity (Wildman–Crippen MR) is 134 cm³/mol. The average Bonchev–Trinajstić information content (AvgIpc) is 2.82. The zero-order chi connectivity index (χ0) is 26.0. The standard InChI is InChI=1S/C25H32N2O6.C2H6/c1-17-10-11-19(23(29)12-17)14-27(16-25(32)33)21-8-4-3-7-20(21)26(15-24(30)31)13-18-6-2-5-9-22(18)28;1-2/h2,5-6,9-12,20-21,28-29H,3-4,7-8,13-16H2,1H3,(H,30,31)(H,32,33);1-2H3. The summed E-state index contributed by atoms with van der Waals surface area (Å²) in [7, 11) is 0. The normalized spacial score (nSPS) is 17.6. The zero-order valence-corrected chi connectivity index (χ0v) is 20.9. The highest BCUT2D eigenvalue weighted by Crippen LogP contribution is 2.31. The highest BCUT2D eigenvalue weighted by atomic mass is 16.4. The molecule has 8 heteroatoms. The van der Waals surface area contributed by atoms with E-state index in [4.69, 9.17) is 0 Å². The van der Waals surface area contributed by atoms with Gasteiger partial charge in [0.1, 0.15) is 11.5 Å². The van der Waals surface area contributed by atoms with Crippen LogP contribution in [-0.4, -0.2) is 67.3 Å². The molecule has 0 heterocycles. The summed E-state index contributed by atoms with van der Waals surface area (Å²) in [6.45, 7) is 5.94. The quantitative estimate of drug-likeness (QED) is 0.394. The van der Waals surface area contributed by atoms with Gasteiger partial charge in [0.25, 0.3) is 0 Å². The lowest BCUT2D eigenvalue weighted by atomic mass is 9.87. The third kappa shape index (κ3) is 8.26. The number of para-hydroxylation sites is 1. The van der Waals surface area contributed by atoms with Crippen molar-refractivity contribution in [2.24, 2.45) is 0 Å². The summed E-state index contributed by atoms with van der Waals surface area (Å²) in [5.41, 5.74) is 2.17. The Kier molecular flexibility index (Phi) is 11.0. The molecule has 3 rings (SSSR count). The highest BCUT2D eigenvalue weighted by Gasteiger charge is 2.36. The number of aryl methyl sites for hydroxylation is 1. The van der Waals surface area contributed by atoms with E-state index in [-0.39, 0.29) is 49.8 Å². The van der Waals surface area contributed by atoms with Crippen LogP contribution in [0.1, 0.15) is 56.2 Å². The molecule has 0 spiro atoms. The summed E-state index contributed by atoms with van der Waals surface area (Å²) >= 11 is 0. The van der Waals surface area contributed by atoms with E-state index in [9.17, 15) is 30.0 Å². The molecule has 192 valence electrons. The van der Waals surface area contributed by atoms with E-state index >= 15 is 0 Å². The molecule has 1 fully saturated rings.